The smallest absolute Gasteiger partial charge is 0.445 e. The summed E-state index contributed by atoms with van der Waals surface area (Å²) in [5.41, 5.74) is 0.129. The van der Waals surface area contributed by atoms with E-state index < -0.39 is 29.6 Å². The minimum Gasteiger partial charge on any atom is -0.445 e. The van der Waals surface area contributed by atoms with E-state index in [0.717, 1.165) is 12.6 Å². The van der Waals surface area contributed by atoms with Gasteiger partial charge >= 0.3 is 18.2 Å². The normalized spacial score (nSPS) is 21.4. The van der Waals surface area contributed by atoms with Crippen molar-refractivity contribution in [2.75, 3.05) is 33.4 Å². The first-order valence-electron chi connectivity index (χ1n) is 8.10. The molecule has 1 aromatic rings. The molecule has 0 saturated carbocycles. The number of amides is 2. The van der Waals surface area contributed by atoms with Gasteiger partial charge in [0.15, 0.2) is 0 Å². The van der Waals surface area contributed by atoms with Gasteiger partial charge in [-0.2, -0.15) is 13.2 Å². The lowest BCUT2D eigenvalue weighted by Crippen LogP contribution is -2.59. The molecule has 2 aliphatic heterocycles. The van der Waals surface area contributed by atoms with Crippen LogP contribution in [0.25, 0.3) is 0 Å². The van der Waals surface area contributed by atoms with Gasteiger partial charge in [0, 0.05) is 20.1 Å². The molecule has 2 fully saturated rings. The predicted octanol–water partition coefficient (Wildman–Crippen LogP) is 2.04. The minimum atomic E-state index is -4.96. The van der Waals surface area contributed by atoms with Crippen LogP contribution in [-0.2, 0) is 20.9 Å². The summed E-state index contributed by atoms with van der Waals surface area (Å²) in [6, 6.07) is 8.30. The van der Waals surface area contributed by atoms with Gasteiger partial charge in [-0.25, -0.2) is 4.79 Å². The molecule has 3 rings (SSSR count). The maximum Gasteiger partial charge on any atom is 0.471 e. The third-order valence-corrected chi connectivity index (χ3v) is 4.88. The Morgan fingerprint density at radius 1 is 1.31 bits per heavy atom. The highest BCUT2D eigenvalue weighted by Gasteiger charge is 2.58. The Morgan fingerprint density at radius 2 is 1.96 bits per heavy atom. The highest BCUT2D eigenvalue weighted by atomic mass is 19.4. The van der Waals surface area contributed by atoms with Crippen LogP contribution in [-0.4, -0.2) is 67.4 Å². The van der Waals surface area contributed by atoms with Crippen molar-refractivity contribution in [1.29, 1.82) is 0 Å². The second-order valence-corrected chi connectivity index (χ2v) is 6.71. The molecule has 0 bridgehead atoms. The number of halogens is 3. The molecule has 2 amide bonds. The van der Waals surface area contributed by atoms with Gasteiger partial charge in [0.05, 0.1) is 24.7 Å². The van der Waals surface area contributed by atoms with Crippen molar-refractivity contribution in [2.45, 2.75) is 18.8 Å². The van der Waals surface area contributed by atoms with E-state index in [1.54, 1.807) is 12.1 Å². The van der Waals surface area contributed by atoms with Crippen LogP contribution in [0.5, 0.6) is 0 Å². The summed E-state index contributed by atoms with van der Waals surface area (Å²) in [6.07, 6.45) is -5.57. The number of ether oxygens (including phenoxy) is 2. The quantitative estimate of drug-likeness (QED) is 0.815. The molecule has 1 spiro atoms. The standard InChI is InChI=1S/C17H19F3N2O4/c1-21(14(23)17(18,19)20)13-7-22(9-16(13)10-25-11-16)15(24)26-8-12-5-3-2-4-6-12/h2-6,13H,7-11H2,1H3/t13-/m0/s1. The molecule has 0 aromatic heterocycles. The summed E-state index contributed by atoms with van der Waals surface area (Å²) < 4.78 is 48.7. The topological polar surface area (TPSA) is 59.1 Å². The zero-order chi connectivity index (χ0) is 18.9. The van der Waals surface area contributed by atoms with Gasteiger partial charge in [-0.3, -0.25) is 4.79 Å². The third kappa shape index (κ3) is 3.48. The van der Waals surface area contributed by atoms with Gasteiger partial charge in [0.2, 0.25) is 0 Å². The number of alkyl halides is 3. The van der Waals surface area contributed by atoms with E-state index in [2.05, 4.69) is 0 Å². The van der Waals surface area contributed by atoms with E-state index in [1.165, 1.54) is 4.90 Å². The fourth-order valence-electron chi connectivity index (χ4n) is 3.42. The fourth-order valence-corrected chi connectivity index (χ4v) is 3.42. The van der Waals surface area contributed by atoms with Crippen molar-refractivity contribution in [1.82, 2.24) is 9.80 Å². The fraction of sp³-hybridized carbons (Fsp3) is 0.529. The number of carbonyl (C=O) groups is 2. The first kappa shape index (κ1) is 18.5. The molecular formula is C17H19F3N2O4. The zero-order valence-corrected chi connectivity index (χ0v) is 14.2. The monoisotopic (exact) mass is 372 g/mol. The summed E-state index contributed by atoms with van der Waals surface area (Å²) >= 11 is 0. The van der Waals surface area contributed by atoms with Crippen LogP contribution in [0.2, 0.25) is 0 Å². The van der Waals surface area contributed by atoms with Crippen LogP contribution in [0.1, 0.15) is 5.56 Å². The largest absolute Gasteiger partial charge is 0.471 e. The van der Waals surface area contributed by atoms with Crippen LogP contribution in [0, 0.1) is 5.41 Å². The first-order chi connectivity index (χ1) is 12.2. The molecule has 0 aliphatic carbocycles. The van der Waals surface area contributed by atoms with Crippen LogP contribution >= 0.6 is 0 Å². The van der Waals surface area contributed by atoms with Gasteiger partial charge in [-0.1, -0.05) is 30.3 Å². The second kappa shape index (κ2) is 6.79. The molecule has 2 aliphatic rings. The Labute approximate surface area is 148 Å². The van der Waals surface area contributed by atoms with E-state index in [4.69, 9.17) is 9.47 Å². The van der Waals surface area contributed by atoms with E-state index in [-0.39, 0.29) is 32.9 Å². The average Bonchev–Trinajstić information content (AvgIpc) is 3.00. The number of nitrogens with zero attached hydrogens (tertiary/aromatic N) is 2. The average molecular weight is 372 g/mol. The molecule has 142 valence electrons. The van der Waals surface area contributed by atoms with Crippen molar-refractivity contribution >= 4 is 12.0 Å². The Kier molecular flexibility index (Phi) is 4.83. The highest BCUT2D eigenvalue weighted by Crippen LogP contribution is 2.41. The second-order valence-electron chi connectivity index (χ2n) is 6.71. The number of rotatable bonds is 3. The van der Waals surface area contributed by atoms with E-state index in [1.807, 2.05) is 18.2 Å². The number of benzene rings is 1. The van der Waals surface area contributed by atoms with Crippen LogP contribution in [0.3, 0.4) is 0 Å². The lowest BCUT2D eigenvalue weighted by Gasteiger charge is -2.45. The maximum atomic E-state index is 12.8. The number of likely N-dealkylation sites (tertiary alicyclic amines) is 1. The molecule has 2 saturated heterocycles. The number of carbonyl (C=O) groups excluding carboxylic acids is 2. The van der Waals surface area contributed by atoms with Gasteiger partial charge in [0.1, 0.15) is 6.61 Å². The summed E-state index contributed by atoms with van der Waals surface area (Å²) in [7, 11) is 1.11. The molecule has 1 aromatic carbocycles. The summed E-state index contributed by atoms with van der Waals surface area (Å²) in [4.78, 5) is 25.9. The number of likely N-dealkylation sites (N-methyl/N-ethyl adjacent to an activating group) is 1. The zero-order valence-electron chi connectivity index (χ0n) is 14.2. The van der Waals surface area contributed by atoms with Gasteiger partial charge < -0.3 is 19.3 Å². The Hall–Kier alpha value is -2.29. The van der Waals surface area contributed by atoms with Crippen LogP contribution in [0.15, 0.2) is 30.3 Å². The summed E-state index contributed by atoms with van der Waals surface area (Å²) in [5.74, 6) is -1.92. The van der Waals surface area contributed by atoms with Gasteiger partial charge in [-0.05, 0) is 5.56 Å². The molecule has 0 N–H and O–H groups in total. The molecule has 0 radical (unpaired) electrons. The minimum absolute atomic E-state index is 0.0185. The van der Waals surface area contributed by atoms with Gasteiger partial charge in [0.25, 0.3) is 0 Å². The molecule has 26 heavy (non-hydrogen) atoms. The Morgan fingerprint density at radius 3 is 2.50 bits per heavy atom. The SMILES string of the molecule is CN(C(=O)C(F)(F)F)[C@H]1CN(C(=O)OCc2ccccc2)CC12COC2. The third-order valence-electron chi connectivity index (χ3n) is 4.88. The Balaban J connectivity index is 1.66. The first-order valence-corrected chi connectivity index (χ1v) is 8.10. The molecule has 9 heteroatoms. The lowest BCUT2D eigenvalue weighted by molar-refractivity contribution is -0.194. The highest BCUT2D eigenvalue weighted by molar-refractivity contribution is 5.82. The van der Waals surface area contributed by atoms with Crippen molar-refractivity contribution in [3.63, 3.8) is 0 Å². The maximum absolute atomic E-state index is 12.8. The summed E-state index contributed by atoms with van der Waals surface area (Å²) in [5, 5.41) is 0. The number of hydrogen-bond donors (Lipinski definition) is 0. The molecule has 0 unspecified atom stereocenters. The van der Waals surface area contributed by atoms with Crippen molar-refractivity contribution in [3.8, 4) is 0 Å². The lowest BCUT2D eigenvalue weighted by atomic mass is 9.80. The van der Waals surface area contributed by atoms with E-state index >= 15 is 0 Å². The van der Waals surface area contributed by atoms with Crippen LogP contribution < -0.4 is 0 Å². The van der Waals surface area contributed by atoms with Gasteiger partial charge in [-0.15, -0.1) is 0 Å². The van der Waals surface area contributed by atoms with E-state index in [9.17, 15) is 22.8 Å². The van der Waals surface area contributed by atoms with E-state index in [0.29, 0.717) is 4.90 Å². The van der Waals surface area contributed by atoms with Crippen molar-refractivity contribution in [2.24, 2.45) is 5.41 Å². The Bertz CT molecular complexity index is 676. The van der Waals surface area contributed by atoms with Crippen molar-refractivity contribution in [3.05, 3.63) is 35.9 Å². The summed E-state index contributed by atoms with van der Waals surface area (Å²) in [6.45, 7) is 0.656. The number of hydrogen-bond acceptors (Lipinski definition) is 4. The van der Waals surface area contributed by atoms with Crippen LogP contribution in [0.4, 0.5) is 18.0 Å². The molecule has 6 nitrogen and oxygen atoms in total. The predicted molar refractivity (Wildman–Crippen MR) is 84.1 cm³/mol. The van der Waals surface area contributed by atoms with Crippen molar-refractivity contribution < 1.29 is 32.2 Å². The molecular weight excluding hydrogens is 353 g/mol. The molecule has 1 atom stereocenters. The molecule has 2 heterocycles.